The fraction of sp³-hybridized carbons (Fsp3) is 1.00. The molecule has 0 spiro atoms. The topological polar surface area (TPSA) is 35.9 Å². The van der Waals surface area contributed by atoms with Crippen molar-refractivity contribution in [2.75, 3.05) is 45.9 Å². The van der Waals surface area contributed by atoms with Gasteiger partial charge in [-0.05, 0) is 5.92 Å². The molecule has 0 aromatic carbocycles. The molecule has 94 valence electrons. The molecule has 0 bridgehead atoms. The summed E-state index contributed by atoms with van der Waals surface area (Å²) in [7, 11) is 0. The molecule has 2 heterocycles. The summed E-state index contributed by atoms with van der Waals surface area (Å²) in [5, 5.41) is 9.23. The molecular weight excluding hydrogens is 204 g/mol. The molecule has 16 heavy (non-hydrogen) atoms. The zero-order valence-electron chi connectivity index (χ0n) is 10.4. The third-order valence-electron chi connectivity index (χ3n) is 3.25. The fourth-order valence-electron chi connectivity index (χ4n) is 2.55. The van der Waals surface area contributed by atoms with Gasteiger partial charge in [-0.2, -0.15) is 0 Å². The van der Waals surface area contributed by atoms with E-state index in [0.29, 0.717) is 6.10 Å². The Morgan fingerprint density at radius 3 is 2.62 bits per heavy atom. The van der Waals surface area contributed by atoms with Gasteiger partial charge in [-0.3, -0.25) is 9.80 Å². The van der Waals surface area contributed by atoms with E-state index in [0.717, 1.165) is 45.2 Å². The highest BCUT2D eigenvalue weighted by atomic mass is 16.5. The van der Waals surface area contributed by atoms with Gasteiger partial charge in [0.2, 0.25) is 0 Å². The average molecular weight is 228 g/mol. The van der Waals surface area contributed by atoms with Gasteiger partial charge < -0.3 is 9.84 Å². The van der Waals surface area contributed by atoms with Gasteiger partial charge in [0.1, 0.15) is 0 Å². The number of likely N-dealkylation sites (tertiary alicyclic amines) is 1. The fourth-order valence-corrected chi connectivity index (χ4v) is 2.55. The lowest BCUT2D eigenvalue weighted by molar-refractivity contribution is -0.0755. The predicted octanol–water partition coefficient (Wildman–Crippen LogP) is 0.0197. The third kappa shape index (κ3) is 3.42. The van der Waals surface area contributed by atoms with Crippen LogP contribution in [0.5, 0.6) is 0 Å². The molecule has 4 nitrogen and oxygen atoms in total. The molecule has 2 aliphatic heterocycles. The highest BCUT2D eigenvalue weighted by Crippen LogP contribution is 2.13. The lowest BCUT2D eigenvalue weighted by Gasteiger charge is -2.41. The van der Waals surface area contributed by atoms with Gasteiger partial charge in [-0.25, -0.2) is 0 Å². The number of hydrogen-bond acceptors (Lipinski definition) is 4. The maximum absolute atomic E-state index is 9.23. The van der Waals surface area contributed by atoms with Crippen LogP contribution in [-0.4, -0.2) is 73.0 Å². The second kappa shape index (κ2) is 5.45. The predicted molar refractivity (Wildman–Crippen MR) is 63.5 cm³/mol. The van der Waals surface area contributed by atoms with Gasteiger partial charge >= 0.3 is 0 Å². The summed E-state index contributed by atoms with van der Waals surface area (Å²) in [6.45, 7) is 11.3. The Labute approximate surface area is 98.2 Å². The van der Waals surface area contributed by atoms with Crippen molar-refractivity contribution in [3.8, 4) is 0 Å². The van der Waals surface area contributed by atoms with E-state index in [4.69, 9.17) is 4.74 Å². The molecule has 0 saturated carbocycles. The quantitative estimate of drug-likeness (QED) is 0.736. The largest absolute Gasteiger partial charge is 0.390 e. The highest BCUT2D eigenvalue weighted by molar-refractivity contribution is 4.83. The molecule has 1 N–H and O–H groups in total. The Balaban J connectivity index is 1.69. The van der Waals surface area contributed by atoms with Crippen molar-refractivity contribution in [2.24, 2.45) is 5.92 Å². The van der Waals surface area contributed by atoms with Crippen molar-refractivity contribution in [1.82, 2.24) is 9.80 Å². The van der Waals surface area contributed by atoms with Gasteiger partial charge in [-0.15, -0.1) is 0 Å². The van der Waals surface area contributed by atoms with Crippen LogP contribution in [0.2, 0.25) is 0 Å². The van der Waals surface area contributed by atoms with Crippen LogP contribution < -0.4 is 0 Å². The summed E-state index contributed by atoms with van der Waals surface area (Å²) in [6, 6.07) is 0. The molecular formula is C12H24N2O2. The number of hydrogen-bond donors (Lipinski definition) is 1. The van der Waals surface area contributed by atoms with Gasteiger partial charge in [0.15, 0.2) is 0 Å². The minimum Gasteiger partial charge on any atom is -0.390 e. The first-order valence-electron chi connectivity index (χ1n) is 6.38. The number of morpholine rings is 1. The van der Waals surface area contributed by atoms with E-state index in [1.165, 1.54) is 6.54 Å². The normalized spacial score (nSPS) is 29.6. The zero-order valence-corrected chi connectivity index (χ0v) is 10.4. The first-order chi connectivity index (χ1) is 7.63. The van der Waals surface area contributed by atoms with E-state index in [9.17, 15) is 5.11 Å². The van der Waals surface area contributed by atoms with Crippen molar-refractivity contribution >= 4 is 0 Å². The van der Waals surface area contributed by atoms with Crippen LogP contribution in [0.25, 0.3) is 0 Å². The summed E-state index contributed by atoms with van der Waals surface area (Å²) in [6.07, 6.45) is 0.232. The Kier molecular flexibility index (Phi) is 4.19. The third-order valence-corrected chi connectivity index (χ3v) is 3.25. The van der Waals surface area contributed by atoms with E-state index < -0.39 is 0 Å². The van der Waals surface area contributed by atoms with Crippen molar-refractivity contribution < 1.29 is 9.84 Å². The number of aliphatic hydroxyl groups excluding tert-OH is 1. The average Bonchev–Trinajstić information content (AvgIpc) is 2.15. The second-order valence-electron chi connectivity index (χ2n) is 5.52. The van der Waals surface area contributed by atoms with Crippen molar-refractivity contribution in [2.45, 2.75) is 26.1 Å². The summed E-state index contributed by atoms with van der Waals surface area (Å²) >= 11 is 0. The van der Waals surface area contributed by atoms with Gasteiger partial charge in [0.25, 0.3) is 0 Å². The lowest BCUT2D eigenvalue weighted by atomic mass is 10.1. The summed E-state index contributed by atoms with van der Waals surface area (Å²) < 4.78 is 5.77. The number of aliphatic hydroxyl groups is 1. The van der Waals surface area contributed by atoms with Crippen LogP contribution in [0.3, 0.4) is 0 Å². The maximum Gasteiger partial charge on any atom is 0.0829 e. The van der Waals surface area contributed by atoms with E-state index in [1.54, 1.807) is 0 Å². The number of rotatable bonds is 4. The standard InChI is InChI=1S/C12H24N2O2/c1-10(2)5-13-3-4-16-12(8-13)9-14-6-11(15)7-14/h10-12,15H,3-9H2,1-2H3. The summed E-state index contributed by atoms with van der Waals surface area (Å²) in [5.74, 6) is 0.726. The molecule has 0 radical (unpaired) electrons. The smallest absolute Gasteiger partial charge is 0.0829 e. The van der Waals surface area contributed by atoms with Crippen LogP contribution >= 0.6 is 0 Å². The molecule has 2 aliphatic rings. The number of β-amino-alcohol motifs (C(OH)–C–C–N with tert-alkyl or cyclic N) is 1. The molecule has 0 aromatic heterocycles. The van der Waals surface area contributed by atoms with Crippen LogP contribution in [0.1, 0.15) is 13.8 Å². The SMILES string of the molecule is CC(C)CN1CCOC(CN2CC(O)C2)C1. The monoisotopic (exact) mass is 228 g/mol. The molecule has 2 saturated heterocycles. The van der Waals surface area contributed by atoms with E-state index in [-0.39, 0.29) is 6.10 Å². The lowest BCUT2D eigenvalue weighted by Crippen LogP contribution is -2.56. The Morgan fingerprint density at radius 2 is 2.00 bits per heavy atom. The first-order valence-corrected chi connectivity index (χ1v) is 6.38. The van der Waals surface area contributed by atoms with E-state index in [2.05, 4.69) is 23.6 Å². The van der Waals surface area contributed by atoms with Crippen molar-refractivity contribution in [1.29, 1.82) is 0 Å². The van der Waals surface area contributed by atoms with Gasteiger partial charge in [0.05, 0.1) is 18.8 Å². The van der Waals surface area contributed by atoms with Crippen LogP contribution in [0.15, 0.2) is 0 Å². The molecule has 2 fully saturated rings. The Bertz CT molecular complexity index is 217. The Morgan fingerprint density at radius 1 is 1.25 bits per heavy atom. The van der Waals surface area contributed by atoms with E-state index >= 15 is 0 Å². The van der Waals surface area contributed by atoms with Crippen LogP contribution in [-0.2, 0) is 4.74 Å². The molecule has 0 aliphatic carbocycles. The molecule has 0 aromatic rings. The molecule has 2 rings (SSSR count). The second-order valence-corrected chi connectivity index (χ2v) is 5.52. The highest BCUT2D eigenvalue weighted by Gasteiger charge is 2.29. The minimum atomic E-state index is -0.102. The minimum absolute atomic E-state index is 0.102. The maximum atomic E-state index is 9.23. The van der Waals surface area contributed by atoms with Gasteiger partial charge in [0, 0.05) is 39.3 Å². The van der Waals surface area contributed by atoms with Gasteiger partial charge in [-0.1, -0.05) is 13.8 Å². The first kappa shape index (κ1) is 12.3. The van der Waals surface area contributed by atoms with Crippen LogP contribution in [0.4, 0.5) is 0 Å². The number of ether oxygens (including phenoxy) is 1. The zero-order chi connectivity index (χ0) is 11.5. The van der Waals surface area contributed by atoms with E-state index in [1.807, 2.05) is 0 Å². The summed E-state index contributed by atoms with van der Waals surface area (Å²) in [4.78, 5) is 4.77. The molecule has 4 heteroatoms. The Hall–Kier alpha value is -0.160. The number of nitrogens with zero attached hydrogens (tertiary/aromatic N) is 2. The molecule has 0 amide bonds. The molecule has 1 atom stereocenters. The summed E-state index contributed by atoms with van der Waals surface area (Å²) in [5.41, 5.74) is 0. The van der Waals surface area contributed by atoms with Crippen molar-refractivity contribution in [3.63, 3.8) is 0 Å². The van der Waals surface area contributed by atoms with Crippen molar-refractivity contribution in [3.05, 3.63) is 0 Å². The van der Waals surface area contributed by atoms with Crippen LogP contribution in [0, 0.1) is 5.92 Å². The molecule has 1 unspecified atom stereocenters.